The Morgan fingerprint density at radius 2 is 1.55 bits per heavy atom. The zero-order valence-electron chi connectivity index (χ0n) is 29.3. The largest absolute Gasteiger partial charge is 0.465 e. The number of likely N-dealkylation sites (tertiary alicyclic amines) is 1. The van der Waals surface area contributed by atoms with Crippen LogP contribution in [0.25, 0.3) is 0 Å². The Kier molecular flexibility index (Phi) is 15.5. The van der Waals surface area contributed by atoms with Crippen LogP contribution in [0.2, 0.25) is 0 Å². The van der Waals surface area contributed by atoms with Crippen molar-refractivity contribution in [2.45, 2.75) is 121 Å². The fraction of sp³-hybridized carbons (Fsp3) is 0.667. The van der Waals surface area contributed by atoms with Crippen LogP contribution in [-0.2, 0) is 11.0 Å². The van der Waals surface area contributed by atoms with E-state index in [9.17, 15) is 26.7 Å². The van der Waals surface area contributed by atoms with E-state index in [2.05, 4.69) is 27.4 Å². The van der Waals surface area contributed by atoms with Gasteiger partial charge in [0.25, 0.3) is 0 Å². The highest BCUT2D eigenvalue weighted by Crippen LogP contribution is 2.35. The number of nitrogens with zero attached hydrogens (tertiary/aromatic N) is 5. The van der Waals surface area contributed by atoms with Gasteiger partial charge in [-0.1, -0.05) is 57.0 Å². The molecule has 2 saturated heterocycles. The fourth-order valence-corrected chi connectivity index (χ4v) is 6.40. The lowest BCUT2D eigenvalue weighted by Crippen LogP contribution is -2.52. The molecule has 0 bridgehead atoms. The van der Waals surface area contributed by atoms with Gasteiger partial charge < -0.3 is 30.2 Å². The summed E-state index contributed by atoms with van der Waals surface area (Å²) in [6.45, 7) is 4.50. The van der Waals surface area contributed by atoms with E-state index >= 15 is 0 Å². The number of nitrogens with one attached hydrogen (secondary N) is 1. The van der Waals surface area contributed by atoms with Crippen LogP contribution in [0.3, 0.4) is 0 Å². The van der Waals surface area contributed by atoms with Gasteiger partial charge in [0.15, 0.2) is 0 Å². The van der Waals surface area contributed by atoms with Gasteiger partial charge in [-0.25, -0.2) is 23.5 Å². The number of benzene rings is 1. The maximum atomic E-state index is 15.0. The Bertz CT molecular complexity index is 1390. The number of unbranched alkanes of at least 4 members (excludes halogenated alkanes) is 7. The molecule has 284 valence electrons. The summed E-state index contributed by atoms with van der Waals surface area (Å²) >= 11 is 0. The van der Waals surface area contributed by atoms with Gasteiger partial charge in [-0.15, -0.1) is 0 Å². The van der Waals surface area contributed by atoms with Crippen molar-refractivity contribution < 1.29 is 41.8 Å². The van der Waals surface area contributed by atoms with Gasteiger partial charge in [-0.3, -0.25) is 0 Å². The molecule has 51 heavy (non-hydrogen) atoms. The molecule has 1 aromatic heterocycles. The molecule has 1 amide bonds. The smallest absolute Gasteiger partial charge is 0.419 e. The Hall–Kier alpha value is -3.75. The number of rotatable bonds is 14. The van der Waals surface area contributed by atoms with Crippen molar-refractivity contribution in [3.8, 4) is 0 Å². The van der Waals surface area contributed by atoms with Crippen molar-refractivity contribution in [3.05, 3.63) is 47.3 Å². The zero-order chi connectivity index (χ0) is 36.8. The van der Waals surface area contributed by atoms with Crippen LogP contribution in [0.4, 0.5) is 38.4 Å². The minimum absolute atomic E-state index is 0.0674. The number of aliphatic hydroxyl groups excluding tert-OH is 1. The fourth-order valence-electron chi connectivity index (χ4n) is 6.40. The minimum atomic E-state index is -4.46. The van der Waals surface area contributed by atoms with Crippen LogP contribution in [-0.4, -0.2) is 81.8 Å². The molecule has 15 heteroatoms. The highest BCUT2D eigenvalue weighted by molar-refractivity contribution is 5.84. The number of carbonyl (C=O) groups is 1. The molecule has 3 heterocycles. The first-order valence-electron chi connectivity index (χ1n) is 18.2. The molecule has 2 aromatic rings. The monoisotopic (exact) mass is 726 g/mol. The lowest BCUT2D eigenvalue weighted by molar-refractivity contribution is -0.138. The van der Waals surface area contributed by atoms with Gasteiger partial charge in [-0.05, 0) is 49.7 Å². The Labute approximate surface area is 296 Å². The topological polar surface area (TPSA) is 123 Å². The highest BCUT2D eigenvalue weighted by Gasteiger charge is 2.32. The van der Waals surface area contributed by atoms with Crippen LogP contribution in [0.1, 0.15) is 114 Å². The molecule has 1 saturated carbocycles. The van der Waals surface area contributed by atoms with Gasteiger partial charge in [0.1, 0.15) is 17.7 Å². The first-order chi connectivity index (χ1) is 24.4. The number of aliphatic hydroxyl groups is 1. The van der Waals surface area contributed by atoms with Crippen LogP contribution in [0.15, 0.2) is 29.7 Å². The van der Waals surface area contributed by atoms with E-state index in [0.717, 1.165) is 35.8 Å². The van der Waals surface area contributed by atoms with Crippen molar-refractivity contribution in [2.75, 3.05) is 42.9 Å². The maximum absolute atomic E-state index is 15.0. The molecule has 3 fully saturated rings. The molecule has 5 rings (SSSR count). The van der Waals surface area contributed by atoms with Crippen molar-refractivity contribution in [1.82, 2.24) is 14.9 Å². The third-order valence-corrected chi connectivity index (χ3v) is 9.59. The number of piperidine rings is 1. The standard InChI is InChI=1S/C32H44F5N5O.C4H7NO3/c1-2-3-4-5-6-7-8-9-16-38-30-20-28(33)27(19-29(30)34)23-10-12-25(13-11-23)41-43-26-14-17-42(18-15-26)31-39-21-24(22-40-31)32(35,36)37;6-3-1-5(2-3)4(7)8/h19-23,26,38H,2-18H2,1H3;3,6H,1-2H2,(H,7,8). The molecule has 1 aromatic carbocycles. The summed E-state index contributed by atoms with van der Waals surface area (Å²) in [6.07, 6.45) is 9.18. The molecule has 0 unspecified atom stereocenters. The molecule has 0 atom stereocenters. The van der Waals surface area contributed by atoms with Gasteiger partial charge in [0, 0.05) is 50.9 Å². The average molecular weight is 727 g/mol. The molecular formula is C36H51F5N6O4. The summed E-state index contributed by atoms with van der Waals surface area (Å²) < 4.78 is 68.0. The molecule has 2 aliphatic heterocycles. The van der Waals surface area contributed by atoms with E-state index < -0.39 is 29.8 Å². The summed E-state index contributed by atoms with van der Waals surface area (Å²) in [7, 11) is 0. The summed E-state index contributed by atoms with van der Waals surface area (Å²) in [5.74, 6) is -0.578. The summed E-state index contributed by atoms with van der Waals surface area (Å²) in [5.41, 5.74) is 0.695. The SMILES string of the molecule is CCCCCCCCCCNc1cc(F)c(C2CCC(=NOC3CCN(c4ncc(C(F)(F)F)cn4)CC3)CC2)cc1F.O=C(O)N1CC(O)C1. The number of hydrogen-bond donors (Lipinski definition) is 3. The van der Waals surface area contributed by atoms with E-state index in [1.54, 1.807) is 0 Å². The lowest BCUT2D eigenvalue weighted by atomic mass is 9.83. The van der Waals surface area contributed by atoms with Crippen LogP contribution in [0.5, 0.6) is 0 Å². The number of alkyl halides is 3. The molecule has 0 spiro atoms. The molecule has 10 nitrogen and oxygen atoms in total. The van der Waals surface area contributed by atoms with Crippen molar-refractivity contribution >= 4 is 23.4 Å². The number of hydrogen-bond acceptors (Lipinski definition) is 8. The van der Waals surface area contributed by atoms with Gasteiger partial charge >= 0.3 is 12.3 Å². The first kappa shape index (κ1) is 40.0. The number of halogens is 5. The second kappa shape index (κ2) is 19.7. The molecular weight excluding hydrogens is 675 g/mol. The summed E-state index contributed by atoms with van der Waals surface area (Å²) in [4.78, 5) is 26.5. The van der Waals surface area contributed by atoms with E-state index in [0.29, 0.717) is 63.7 Å². The summed E-state index contributed by atoms with van der Waals surface area (Å²) in [6, 6.07) is 2.65. The Morgan fingerprint density at radius 3 is 2.10 bits per heavy atom. The van der Waals surface area contributed by atoms with E-state index in [1.165, 1.54) is 50.7 Å². The van der Waals surface area contributed by atoms with Gasteiger partial charge in [0.05, 0.1) is 36.2 Å². The predicted molar refractivity (Wildman–Crippen MR) is 185 cm³/mol. The van der Waals surface area contributed by atoms with E-state index in [-0.39, 0.29) is 42.6 Å². The predicted octanol–water partition coefficient (Wildman–Crippen LogP) is 8.37. The van der Waals surface area contributed by atoms with Crippen molar-refractivity contribution in [3.63, 3.8) is 0 Å². The molecule has 3 aliphatic rings. The minimum Gasteiger partial charge on any atom is -0.465 e. The second-order valence-corrected chi connectivity index (χ2v) is 13.6. The number of carboxylic acid groups (broad SMARTS) is 1. The third kappa shape index (κ3) is 12.8. The third-order valence-electron chi connectivity index (χ3n) is 9.59. The highest BCUT2D eigenvalue weighted by atomic mass is 19.4. The Morgan fingerprint density at radius 1 is 0.941 bits per heavy atom. The lowest BCUT2D eigenvalue weighted by Gasteiger charge is -2.32. The van der Waals surface area contributed by atoms with Crippen molar-refractivity contribution in [2.24, 2.45) is 5.16 Å². The molecule has 0 radical (unpaired) electrons. The molecule has 3 N–H and O–H groups in total. The van der Waals surface area contributed by atoms with Crippen LogP contribution in [0, 0.1) is 11.6 Å². The number of β-amino-alcohol motifs (C(OH)–C–C–N with tert-alkyl or cyclic N) is 1. The van der Waals surface area contributed by atoms with E-state index in [4.69, 9.17) is 15.1 Å². The normalized spacial score (nSPS) is 18.5. The number of amides is 1. The average Bonchev–Trinajstić information content (AvgIpc) is 3.10. The number of aromatic nitrogens is 2. The first-order valence-corrected chi connectivity index (χ1v) is 18.2. The van der Waals surface area contributed by atoms with Gasteiger partial charge in [0.2, 0.25) is 5.95 Å². The molecule has 1 aliphatic carbocycles. The second-order valence-electron chi connectivity index (χ2n) is 13.6. The number of anilines is 2. The zero-order valence-corrected chi connectivity index (χ0v) is 29.3. The number of oxime groups is 1. The van der Waals surface area contributed by atoms with Crippen LogP contribution < -0.4 is 10.2 Å². The maximum Gasteiger partial charge on any atom is 0.419 e. The summed E-state index contributed by atoms with van der Waals surface area (Å²) in [5, 5.41) is 24.2. The van der Waals surface area contributed by atoms with Gasteiger partial charge in [-0.2, -0.15) is 13.2 Å². The quantitative estimate of drug-likeness (QED) is 0.101. The van der Waals surface area contributed by atoms with E-state index in [1.807, 2.05) is 4.90 Å². The Balaban J connectivity index is 0.000000641. The van der Waals surface area contributed by atoms with Crippen LogP contribution >= 0.6 is 0 Å². The van der Waals surface area contributed by atoms with Crippen molar-refractivity contribution in [1.29, 1.82) is 0 Å².